The second kappa shape index (κ2) is 8.32. The van der Waals surface area contributed by atoms with Gasteiger partial charge in [-0.1, -0.05) is 30.1 Å². The third-order valence-corrected chi connectivity index (χ3v) is 3.01. The molecule has 106 valence electrons. The number of aromatic nitrogens is 1. The molecule has 0 aliphatic rings. The quantitative estimate of drug-likeness (QED) is 0.809. The molecule has 0 unspecified atom stereocenters. The number of halogens is 2. The van der Waals surface area contributed by atoms with Gasteiger partial charge in [-0.2, -0.15) is 0 Å². The summed E-state index contributed by atoms with van der Waals surface area (Å²) in [5.41, 5.74) is 0. The Balaban J connectivity index is 2.54. The second-order valence-corrected chi connectivity index (χ2v) is 4.82. The predicted molar refractivity (Wildman–Crippen MR) is 76.7 cm³/mol. The highest BCUT2D eigenvalue weighted by Gasteiger charge is 2.11. The van der Waals surface area contributed by atoms with Crippen molar-refractivity contribution in [2.75, 3.05) is 31.6 Å². The molecule has 5 nitrogen and oxygen atoms in total. The number of aliphatic hydroxyl groups is 1. The van der Waals surface area contributed by atoms with Crippen LogP contribution in [0.1, 0.15) is 13.3 Å². The molecule has 1 rings (SSSR count). The van der Waals surface area contributed by atoms with E-state index in [1.54, 1.807) is 0 Å². The van der Waals surface area contributed by atoms with E-state index >= 15 is 0 Å². The maximum atomic E-state index is 11.8. The van der Waals surface area contributed by atoms with Crippen LogP contribution in [-0.4, -0.2) is 47.1 Å². The van der Waals surface area contributed by atoms with Gasteiger partial charge in [0.25, 0.3) is 0 Å². The molecule has 7 heteroatoms. The van der Waals surface area contributed by atoms with Gasteiger partial charge in [0.15, 0.2) is 5.82 Å². The van der Waals surface area contributed by atoms with E-state index < -0.39 is 0 Å². The number of carbonyl (C=O) groups is 1. The fourth-order valence-corrected chi connectivity index (χ4v) is 1.95. The summed E-state index contributed by atoms with van der Waals surface area (Å²) < 4.78 is 0. The standard InChI is InChI=1S/C12H17Cl2N3O2/c1-2-17(4-3-5-18)8-11(19)16-12-10(14)6-9(13)7-15-12/h6-7,18H,2-5,8H2,1H3,(H,15,16,19). The van der Waals surface area contributed by atoms with Gasteiger partial charge in [0, 0.05) is 19.3 Å². The van der Waals surface area contributed by atoms with Crippen LogP contribution < -0.4 is 5.32 Å². The minimum Gasteiger partial charge on any atom is -0.396 e. The number of carbonyl (C=O) groups excluding carboxylic acids is 1. The molecular formula is C12H17Cl2N3O2. The summed E-state index contributed by atoms with van der Waals surface area (Å²) in [5.74, 6) is 0.103. The molecule has 19 heavy (non-hydrogen) atoms. The highest BCUT2D eigenvalue weighted by Crippen LogP contribution is 2.22. The molecule has 0 radical (unpaired) electrons. The molecule has 1 amide bonds. The average molecular weight is 306 g/mol. The summed E-state index contributed by atoms with van der Waals surface area (Å²) in [4.78, 5) is 17.7. The second-order valence-electron chi connectivity index (χ2n) is 3.98. The van der Waals surface area contributed by atoms with Crippen LogP contribution >= 0.6 is 23.2 Å². The van der Waals surface area contributed by atoms with Crippen molar-refractivity contribution in [1.82, 2.24) is 9.88 Å². The summed E-state index contributed by atoms with van der Waals surface area (Å²) in [6, 6.07) is 1.52. The third-order valence-electron chi connectivity index (χ3n) is 2.51. The number of aliphatic hydroxyl groups excluding tert-OH is 1. The van der Waals surface area contributed by atoms with Crippen molar-refractivity contribution < 1.29 is 9.90 Å². The van der Waals surface area contributed by atoms with Gasteiger partial charge in [-0.05, 0) is 19.0 Å². The summed E-state index contributed by atoms with van der Waals surface area (Å²) in [5, 5.41) is 12.1. The van der Waals surface area contributed by atoms with Gasteiger partial charge < -0.3 is 10.4 Å². The van der Waals surface area contributed by atoms with E-state index in [1.165, 1.54) is 12.3 Å². The van der Waals surface area contributed by atoms with Crippen molar-refractivity contribution in [3.05, 3.63) is 22.3 Å². The molecule has 0 spiro atoms. The van der Waals surface area contributed by atoms with Crippen LogP contribution in [0.25, 0.3) is 0 Å². The lowest BCUT2D eigenvalue weighted by atomic mass is 10.3. The van der Waals surface area contributed by atoms with Crippen LogP contribution in [0, 0.1) is 0 Å². The van der Waals surface area contributed by atoms with E-state index in [9.17, 15) is 4.79 Å². The molecule has 0 aliphatic heterocycles. The predicted octanol–water partition coefficient (Wildman–Crippen LogP) is 2.03. The third kappa shape index (κ3) is 5.74. The van der Waals surface area contributed by atoms with Gasteiger partial charge in [0.2, 0.25) is 5.91 Å². The minimum absolute atomic E-state index is 0.114. The van der Waals surface area contributed by atoms with Crippen LogP contribution in [0.2, 0.25) is 10.0 Å². The average Bonchev–Trinajstić information content (AvgIpc) is 2.38. The van der Waals surface area contributed by atoms with Gasteiger partial charge in [0.05, 0.1) is 16.6 Å². The molecule has 0 bridgehead atoms. The highest BCUT2D eigenvalue weighted by atomic mass is 35.5. The Labute approximate surface area is 122 Å². The Bertz CT molecular complexity index is 429. The first-order valence-electron chi connectivity index (χ1n) is 6.01. The number of amides is 1. The van der Waals surface area contributed by atoms with E-state index in [-0.39, 0.29) is 19.1 Å². The molecule has 0 atom stereocenters. The zero-order chi connectivity index (χ0) is 14.3. The molecule has 1 heterocycles. The van der Waals surface area contributed by atoms with Gasteiger partial charge in [-0.15, -0.1) is 0 Å². The normalized spacial score (nSPS) is 10.8. The zero-order valence-corrected chi connectivity index (χ0v) is 12.2. The molecule has 2 N–H and O–H groups in total. The van der Waals surface area contributed by atoms with Crippen molar-refractivity contribution in [3.63, 3.8) is 0 Å². The lowest BCUT2D eigenvalue weighted by Crippen LogP contribution is -2.34. The number of hydrogen-bond acceptors (Lipinski definition) is 4. The van der Waals surface area contributed by atoms with Crippen LogP contribution in [0.3, 0.4) is 0 Å². The monoisotopic (exact) mass is 305 g/mol. The smallest absolute Gasteiger partial charge is 0.239 e. The van der Waals surface area contributed by atoms with Crippen molar-refractivity contribution in [2.24, 2.45) is 0 Å². The first kappa shape index (κ1) is 16.2. The first-order chi connectivity index (χ1) is 9.06. The van der Waals surface area contributed by atoms with Gasteiger partial charge in [-0.25, -0.2) is 4.98 Å². The zero-order valence-electron chi connectivity index (χ0n) is 10.7. The number of nitrogens with zero attached hydrogens (tertiary/aromatic N) is 2. The van der Waals surface area contributed by atoms with Crippen molar-refractivity contribution in [2.45, 2.75) is 13.3 Å². The largest absolute Gasteiger partial charge is 0.396 e. The Hall–Kier alpha value is -0.880. The maximum absolute atomic E-state index is 11.8. The van der Waals surface area contributed by atoms with Crippen molar-refractivity contribution in [3.8, 4) is 0 Å². The van der Waals surface area contributed by atoms with Gasteiger partial charge in [0.1, 0.15) is 0 Å². The molecule has 1 aromatic heterocycles. The number of anilines is 1. The van der Waals surface area contributed by atoms with Crippen LogP contribution in [0.4, 0.5) is 5.82 Å². The SMILES string of the molecule is CCN(CCCO)CC(=O)Nc1ncc(Cl)cc1Cl. The summed E-state index contributed by atoms with van der Waals surface area (Å²) in [7, 11) is 0. The van der Waals surface area contributed by atoms with E-state index in [2.05, 4.69) is 10.3 Å². The lowest BCUT2D eigenvalue weighted by molar-refractivity contribution is -0.117. The summed E-state index contributed by atoms with van der Waals surface area (Å²) >= 11 is 11.6. The van der Waals surface area contributed by atoms with Crippen molar-refractivity contribution in [1.29, 1.82) is 0 Å². The topological polar surface area (TPSA) is 65.5 Å². The molecule has 0 aromatic carbocycles. The molecule has 0 fully saturated rings. The highest BCUT2D eigenvalue weighted by molar-refractivity contribution is 6.36. The molecule has 1 aromatic rings. The Morgan fingerprint density at radius 1 is 1.53 bits per heavy atom. The number of likely N-dealkylation sites (N-methyl/N-ethyl adjacent to an activating group) is 1. The Kier molecular flexibility index (Phi) is 7.09. The van der Waals surface area contributed by atoms with E-state index in [0.29, 0.717) is 28.8 Å². The van der Waals surface area contributed by atoms with Gasteiger partial charge in [-0.3, -0.25) is 9.69 Å². The first-order valence-corrected chi connectivity index (χ1v) is 6.76. The number of rotatable bonds is 7. The van der Waals surface area contributed by atoms with E-state index in [1.807, 2.05) is 11.8 Å². The summed E-state index contributed by atoms with van der Waals surface area (Å²) in [6.07, 6.45) is 2.06. The molecule has 0 saturated heterocycles. The van der Waals surface area contributed by atoms with Crippen molar-refractivity contribution >= 4 is 34.9 Å². The summed E-state index contributed by atoms with van der Waals surface area (Å²) in [6.45, 7) is 3.70. The van der Waals surface area contributed by atoms with Crippen LogP contribution in [0.5, 0.6) is 0 Å². The number of nitrogens with one attached hydrogen (secondary N) is 1. The fourth-order valence-electron chi connectivity index (χ4n) is 1.52. The lowest BCUT2D eigenvalue weighted by Gasteiger charge is -2.19. The Morgan fingerprint density at radius 2 is 2.26 bits per heavy atom. The van der Waals surface area contributed by atoms with Crippen LogP contribution in [0.15, 0.2) is 12.3 Å². The molecular weight excluding hydrogens is 289 g/mol. The van der Waals surface area contributed by atoms with Crippen LogP contribution in [-0.2, 0) is 4.79 Å². The minimum atomic E-state index is -0.198. The molecule has 0 saturated carbocycles. The van der Waals surface area contributed by atoms with Gasteiger partial charge >= 0.3 is 0 Å². The van der Waals surface area contributed by atoms with E-state index in [0.717, 1.165) is 6.54 Å². The fraction of sp³-hybridized carbons (Fsp3) is 0.500. The Morgan fingerprint density at radius 3 is 2.84 bits per heavy atom. The molecule has 0 aliphatic carbocycles. The maximum Gasteiger partial charge on any atom is 0.239 e. The van der Waals surface area contributed by atoms with E-state index in [4.69, 9.17) is 28.3 Å². The number of pyridine rings is 1. The number of hydrogen-bond donors (Lipinski definition) is 2.